The third kappa shape index (κ3) is 2.12. The zero-order valence-electron chi connectivity index (χ0n) is 13.6. The molecule has 134 valence electrons. The molecule has 0 bridgehead atoms. The predicted molar refractivity (Wildman–Crippen MR) is 79.2 cm³/mol. The van der Waals surface area contributed by atoms with Crippen LogP contribution < -0.4 is 0 Å². The molecule has 6 atom stereocenters. The molecule has 0 heterocycles. The molecule has 0 spiro atoms. The molecule has 8 nitrogen and oxygen atoms in total. The smallest absolute Gasteiger partial charge is 0.311 e. The van der Waals surface area contributed by atoms with Crippen LogP contribution in [0.4, 0.5) is 0 Å². The Kier molecular flexibility index (Phi) is 4.37. The number of carboxylic acid groups (broad SMARTS) is 4. The fourth-order valence-electron chi connectivity index (χ4n) is 5.08. The lowest BCUT2D eigenvalue weighted by molar-refractivity contribution is -0.216. The maximum Gasteiger partial charge on any atom is 0.311 e. The lowest BCUT2D eigenvalue weighted by atomic mass is 9.41. The molecular weight excluding hydrogens is 320 g/mol. The van der Waals surface area contributed by atoms with Gasteiger partial charge in [0.25, 0.3) is 0 Å². The first-order chi connectivity index (χ1) is 11.0. The summed E-state index contributed by atoms with van der Waals surface area (Å²) in [6, 6.07) is 0. The van der Waals surface area contributed by atoms with Crippen LogP contribution in [0.2, 0.25) is 0 Å². The summed E-state index contributed by atoms with van der Waals surface area (Å²) in [5, 5.41) is 38.9. The fourth-order valence-corrected chi connectivity index (χ4v) is 5.08. The van der Waals surface area contributed by atoms with Crippen LogP contribution in [0.25, 0.3) is 0 Å². The van der Waals surface area contributed by atoms with E-state index in [0.717, 1.165) is 6.92 Å². The Morgan fingerprint density at radius 2 is 1.29 bits per heavy atom. The minimum Gasteiger partial charge on any atom is -0.481 e. The predicted octanol–water partition coefficient (Wildman–Crippen LogP) is 1.39. The van der Waals surface area contributed by atoms with Gasteiger partial charge in [0.1, 0.15) is 0 Å². The van der Waals surface area contributed by atoms with Crippen LogP contribution in [-0.2, 0) is 19.2 Å². The first-order valence-electron chi connectivity index (χ1n) is 7.93. The highest BCUT2D eigenvalue weighted by Gasteiger charge is 2.73. The van der Waals surface area contributed by atoms with Gasteiger partial charge in [-0.05, 0) is 38.5 Å². The molecule has 2 rings (SSSR count). The summed E-state index contributed by atoms with van der Waals surface area (Å²) < 4.78 is 0. The maximum atomic E-state index is 12.1. The molecule has 6 unspecified atom stereocenters. The second-order valence-electron chi connectivity index (χ2n) is 7.25. The van der Waals surface area contributed by atoms with E-state index in [2.05, 4.69) is 0 Å². The number of fused-ring (bicyclic) bond motifs is 1. The summed E-state index contributed by atoms with van der Waals surface area (Å²) in [7, 11) is 0. The molecule has 2 fully saturated rings. The monoisotopic (exact) mass is 342 g/mol. The summed E-state index contributed by atoms with van der Waals surface area (Å²) in [4.78, 5) is 47.8. The van der Waals surface area contributed by atoms with Gasteiger partial charge in [-0.15, -0.1) is 0 Å². The summed E-state index contributed by atoms with van der Waals surface area (Å²) in [5.74, 6) is -10.5. The van der Waals surface area contributed by atoms with Crippen molar-refractivity contribution in [3.05, 3.63) is 0 Å². The zero-order chi connectivity index (χ0) is 18.4. The molecule has 0 aromatic carbocycles. The summed E-state index contributed by atoms with van der Waals surface area (Å²) in [6.45, 7) is 2.34. The minimum atomic E-state index is -2.23. The summed E-state index contributed by atoms with van der Waals surface area (Å²) >= 11 is 0. The van der Waals surface area contributed by atoms with Crippen LogP contribution >= 0.6 is 0 Å². The Hall–Kier alpha value is -2.12. The van der Waals surface area contributed by atoms with E-state index in [9.17, 15) is 39.6 Å². The average Bonchev–Trinajstić information content (AvgIpc) is 2.49. The third-order valence-electron chi connectivity index (χ3n) is 6.52. The van der Waals surface area contributed by atoms with E-state index in [1.165, 1.54) is 6.92 Å². The minimum absolute atomic E-state index is 0.381. The van der Waals surface area contributed by atoms with Gasteiger partial charge < -0.3 is 20.4 Å². The number of aliphatic carboxylic acids is 4. The van der Waals surface area contributed by atoms with Crippen molar-refractivity contribution in [3.8, 4) is 0 Å². The molecule has 4 N–H and O–H groups in total. The van der Waals surface area contributed by atoms with Crippen LogP contribution in [-0.4, -0.2) is 44.3 Å². The molecule has 0 amide bonds. The molecule has 0 radical (unpaired) electrons. The lowest BCUT2D eigenvalue weighted by Crippen LogP contribution is -2.67. The van der Waals surface area contributed by atoms with Gasteiger partial charge in [-0.1, -0.05) is 12.8 Å². The van der Waals surface area contributed by atoms with Gasteiger partial charge in [-0.3, -0.25) is 19.2 Å². The Labute approximate surface area is 138 Å². The Bertz CT molecular complexity index is 599. The van der Waals surface area contributed by atoms with Gasteiger partial charge in [-0.2, -0.15) is 0 Å². The van der Waals surface area contributed by atoms with Gasteiger partial charge in [0, 0.05) is 0 Å². The van der Waals surface area contributed by atoms with Crippen LogP contribution in [0.15, 0.2) is 0 Å². The molecule has 2 aliphatic rings. The zero-order valence-corrected chi connectivity index (χ0v) is 13.6. The molecule has 8 heteroatoms. The molecule has 0 aromatic heterocycles. The molecular formula is C16H22O8. The fraction of sp³-hybridized carbons (Fsp3) is 0.750. The molecule has 0 saturated heterocycles. The van der Waals surface area contributed by atoms with Crippen molar-refractivity contribution in [2.45, 2.75) is 39.5 Å². The van der Waals surface area contributed by atoms with Crippen molar-refractivity contribution in [3.63, 3.8) is 0 Å². The number of hydrogen-bond acceptors (Lipinski definition) is 4. The van der Waals surface area contributed by atoms with Crippen molar-refractivity contribution < 1.29 is 39.6 Å². The topological polar surface area (TPSA) is 149 Å². The molecule has 0 aromatic rings. The Balaban J connectivity index is 2.80. The Morgan fingerprint density at radius 1 is 0.792 bits per heavy atom. The van der Waals surface area contributed by atoms with E-state index in [1.807, 2.05) is 0 Å². The second-order valence-corrected chi connectivity index (χ2v) is 7.25. The highest BCUT2D eigenvalue weighted by Crippen LogP contribution is 2.64. The SMILES string of the molecule is CC1(C(=O)O)C2CCCCC2C(C(=O)O)C(C(=O)O)C1(C)C(=O)O. The third-order valence-corrected chi connectivity index (χ3v) is 6.52. The van der Waals surface area contributed by atoms with E-state index < -0.39 is 58.4 Å². The van der Waals surface area contributed by atoms with Crippen molar-refractivity contribution in [2.24, 2.45) is 34.5 Å². The van der Waals surface area contributed by atoms with Crippen LogP contribution in [0.5, 0.6) is 0 Å². The van der Waals surface area contributed by atoms with Gasteiger partial charge in [-0.25, -0.2) is 0 Å². The lowest BCUT2D eigenvalue weighted by Gasteiger charge is -2.58. The van der Waals surface area contributed by atoms with Crippen molar-refractivity contribution in [1.82, 2.24) is 0 Å². The van der Waals surface area contributed by atoms with Gasteiger partial charge in [0.05, 0.1) is 22.7 Å². The largest absolute Gasteiger partial charge is 0.481 e. The van der Waals surface area contributed by atoms with E-state index >= 15 is 0 Å². The van der Waals surface area contributed by atoms with Crippen LogP contribution in [0, 0.1) is 34.5 Å². The number of rotatable bonds is 4. The first-order valence-corrected chi connectivity index (χ1v) is 7.93. The highest BCUT2D eigenvalue weighted by molar-refractivity contribution is 5.94. The van der Waals surface area contributed by atoms with Crippen molar-refractivity contribution in [2.75, 3.05) is 0 Å². The van der Waals surface area contributed by atoms with Gasteiger partial charge in [0.2, 0.25) is 0 Å². The Morgan fingerprint density at radius 3 is 1.71 bits per heavy atom. The van der Waals surface area contributed by atoms with E-state index in [-0.39, 0.29) is 0 Å². The summed E-state index contributed by atoms with van der Waals surface area (Å²) in [5.41, 5.74) is -4.09. The summed E-state index contributed by atoms with van der Waals surface area (Å²) in [6.07, 6.45) is 2.12. The van der Waals surface area contributed by atoms with E-state index in [1.54, 1.807) is 0 Å². The standard InChI is InChI=1S/C16H22O8/c1-15(13(21)22)8-6-4-3-5-7(8)9(11(17)18)10(12(19)20)16(15,2)14(23)24/h7-10H,3-6H2,1-2H3,(H,17,18)(H,19,20)(H,21,22)(H,23,24). The van der Waals surface area contributed by atoms with Crippen LogP contribution in [0.1, 0.15) is 39.5 Å². The highest BCUT2D eigenvalue weighted by atomic mass is 16.4. The maximum absolute atomic E-state index is 12.1. The number of carboxylic acids is 4. The first kappa shape index (κ1) is 18.2. The molecule has 2 saturated carbocycles. The quantitative estimate of drug-likeness (QED) is 0.598. The molecule has 24 heavy (non-hydrogen) atoms. The van der Waals surface area contributed by atoms with Gasteiger partial charge in [0.15, 0.2) is 0 Å². The molecule has 0 aliphatic heterocycles. The average molecular weight is 342 g/mol. The molecule has 2 aliphatic carbocycles. The second kappa shape index (κ2) is 5.75. The van der Waals surface area contributed by atoms with Gasteiger partial charge >= 0.3 is 23.9 Å². The number of hydrogen-bond donors (Lipinski definition) is 4. The van der Waals surface area contributed by atoms with Crippen molar-refractivity contribution in [1.29, 1.82) is 0 Å². The normalized spacial score (nSPS) is 41.9. The number of carbonyl (C=O) groups is 4. The van der Waals surface area contributed by atoms with E-state index in [4.69, 9.17) is 0 Å². The van der Waals surface area contributed by atoms with Crippen molar-refractivity contribution >= 4 is 23.9 Å². The van der Waals surface area contributed by atoms with Crippen LogP contribution in [0.3, 0.4) is 0 Å². The van der Waals surface area contributed by atoms with E-state index in [0.29, 0.717) is 25.7 Å².